The Hall–Kier alpha value is -5.65. The van der Waals surface area contributed by atoms with Crippen LogP contribution in [0.5, 0.6) is 0 Å². The topological polar surface area (TPSA) is 42.4 Å². The number of benzene rings is 6. The summed E-state index contributed by atoms with van der Waals surface area (Å²) in [6, 6.07) is 42.8. The van der Waals surface area contributed by atoms with Crippen molar-refractivity contribution in [3.63, 3.8) is 0 Å². The zero-order chi connectivity index (χ0) is 28.8. The van der Waals surface area contributed by atoms with Gasteiger partial charge in [0.1, 0.15) is 16.7 Å². The molecular weight excluding hydrogens is 561 g/mol. The number of hydrogen-bond donors (Lipinski definition) is 0. The maximum atomic E-state index is 6.45. The van der Waals surface area contributed by atoms with E-state index in [1.165, 1.54) is 25.6 Å². The molecule has 0 fully saturated rings. The first-order valence-electron chi connectivity index (χ1n) is 14.6. The third-order valence-corrected chi connectivity index (χ3v) is 9.84. The van der Waals surface area contributed by atoms with Crippen LogP contribution in [-0.2, 0) is 0 Å². The van der Waals surface area contributed by atoms with Crippen molar-refractivity contribution in [1.82, 2.24) is 4.98 Å². The number of thiophene rings is 1. The number of para-hydroxylation sites is 1. The zero-order valence-corrected chi connectivity index (χ0v) is 24.1. The number of nitrogens with zero attached hydrogens (tertiary/aromatic N) is 2. The fourth-order valence-electron chi connectivity index (χ4n) is 6.70. The highest BCUT2D eigenvalue weighted by Crippen LogP contribution is 2.46. The van der Waals surface area contributed by atoms with Crippen molar-refractivity contribution < 1.29 is 8.83 Å². The van der Waals surface area contributed by atoms with Crippen LogP contribution >= 0.6 is 11.3 Å². The maximum Gasteiger partial charge on any atom is 0.155 e. The lowest BCUT2D eigenvalue weighted by atomic mass is 10.0. The van der Waals surface area contributed by atoms with Crippen LogP contribution in [-0.4, -0.2) is 4.98 Å². The molecule has 44 heavy (non-hydrogen) atoms. The lowest BCUT2D eigenvalue weighted by Gasteiger charge is -2.26. The van der Waals surface area contributed by atoms with E-state index in [0.717, 1.165) is 66.3 Å². The van der Waals surface area contributed by atoms with Crippen LogP contribution in [0.2, 0.25) is 0 Å². The number of furan rings is 2. The van der Waals surface area contributed by atoms with Gasteiger partial charge in [-0.05, 0) is 65.4 Å². The van der Waals surface area contributed by atoms with E-state index in [1.54, 1.807) is 0 Å². The third-order valence-electron chi connectivity index (χ3n) is 8.71. The summed E-state index contributed by atoms with van der Waals surface area (Å²) in [7, 11) is 0. The second kappa shape index (κ2) is 8.93. The zero-order valence-electron chi connectivity index (χ0n) is 23.3. The Labute approximate surface area is 255 Å². The Bertz CT molecular complexity index is 2750. The van der Waals surface area contributed by atoms with E-state index < -0.39 is 0 Å². The lowest BCUT2D eigenvalue weighted by molar-refractivity contribution is 0.667. The number of anilines is 3. The molecule has 4 heterocycles. The van der Waals surface area contributed by atoms with Crippen molar-refractivity contribution in [2.75, 3.05) is 4.90 Å². The Morgan fingerprint density at radius 1 is 0.477 bits per heavy atom. The standard InChI is InChI=1S/C39H22N2O2S/c1-2-8-24-18-35-31(17-23(24)7-1)39-32(21-40-22-36(39)43-35)41(25-14-16-34-30(19-25)27-9-3-5-11-33(27)42-34)26-13-15-29-28-10-4-6-12-37(28)44-38(29)20-26/h1-22H. The van der Waals surface area contributed by atoms with Gasteiger partial charge in [-0.2, -0.15) is 0 Å². The van der Waals surface area contributed by atoms with Gasteiger partial charge < -0.3 is 13.7 Å². The molecule has 0 amide bonds. The molecule has 0 aliphatic carbocycles. The minimum atomic E-state index is 0.760. The molecule has 0 aliphatic rings. The third kappa shape index (κ3) is 3.41. The van der Waals surface area contributed by atoms with Crippen molar-refractivity contribution >= 4 is 103 Å². The number of aromatic nitrogens is 1. The Morgan fingerprint density at radius 2 is 1.18 bits per heavy atom. The molecule has 4 nitrogen and oxygen atoms in total. The Balaban J connectivity index is 1.29. The van der Waals surface area contributed by atoms with E-state index in [2.05, 4.69) is 114 Å². The SMILES string of the molecule is c1ccc2cc3c(cc2c1)oc1cncc(N(c2ccc4c(c2)sc2ccccc24)c2ccc4oc5ccccc5c4c2)c13. The average molecular weight is 583 g/mol. The summed E-state index contributed by atoms with van der Waals surface area (Å²) in [6.45, 7) is 0. The molecule has 206 valence electrons. The van der Waals surface area contributed by atoms with Crippen molar-refractivity contribution in [2.24, 2.45) is 0 Å². The molecule has 5 heteroatoms. The number of pyridine rings is 1. The summed E-state index contributed by atoms with van der Waals surface area (Å²) in [4.78, 5) is 7.01. The van der Waals surface area contributed by atoms with Crippen molar-refractivity contribution in [3.05, 3.63) is 134 Å². The number of rotatable bonds is 3. The smallest absolute Gasteiger partial charge is 0.155 e. The summed E-state index contributed by atoms with van der Waals surface area (Å²) in [5, 5.41) is 9.16. The fourth-order valence-corrected chi connectivity index (χ4v) is 7.84. The van der Waals surface area contributed by atoms with Crippen LogP contribution in [0.4, 0.5) is 17.1 Å². The molecule has 10 rings (SSSR count). The maximum absolute atomic E-state index is 6.45. The predicted molar refractivity (Wildman–Crippen MR) is 184 cm³/mol. The van der Waals surface area contributed by atoms with E-state index in [0.29, 0.717) is 0 Å². The van der Waals surface area contributed by atoms with E-state index in [4.69, 9.17) is 13.8 Å². The first-order chi connectivity index (χ1) is 21.8. The molecule has 0 saturated carbocycles. The van der Waals surface area contributed by atoms with Gasteiger partial charge in [0, 0.05) is 47.7 Å². The van der Waals surface area contributed by atoms with E-state index in [1.807, 2.05) is 35.9 Å². The molecule has 0 unspecified atom stereocenters. The van der Waals surface area contributed by atoms with Crippen LogP contribution in [0.1, 0.15) is 0 Å². The molecule has 10 aromatic rings. The molecule has 0 bridgehead atoms. The van der Waals surface area contributed by atoms with Crippen molar-refractivity contribution in [1.29, 1.82) is 0 Å². The average Bonchev–Trinajstić information content (AvgIpc) is 3.74. The summed E-state index contributed by atoms with van der Waals surface area (Å²) >= 11 is 1.82. The van der Waals surface area contributed by atoms with Gasteiger partial charge in [-0.15, -0.1) is 11.3 Å². The van der Waals surface area contributed by atoms with Crippen LogP contribution in [0.3, 0.4) is 0 Å². The Kier molecular flexibility index (Phi) is 4.84. The van der Waals surface area contributed by atoms with Gasteiger partial charge in [-0.1, -0.05) is 66.7 Å². The van der Waals surface area contributed by atoms with Crippen LogP contribution in [0.15, 0.2) is 143 Å². The quantitative estimate of drug-likeness (QED) is 0.208. The van der Waals surface area contributed by atoms with Crippen molar-refractivity contribution in [2.45, 2.75) is 0 Å². The van der Waals surface area contributed by atoms with Gasteiger partial charge in [-0.25, -0.2) is 0 Å². The molecule has 0 radical (unpaired) electrons. The number of fused-ring (bicyclic) bond motifs is 10. The predicted octanol–water partition coefficient (Wildman–Crippen LogP) is 11.9. The summed E-state index contributed by atoms with van der Waals surface area (Å²) in [6.07, 6.45) is 3.78. The van der Waals surface area contributed by atoms with Gasteiger partial charge in [0.15, 0.2) is 5.58 Å². The van der Waals surface area contributed by atoms with Crippen molar-refractivity contribution in [3.8, 4) is 0 Å². The molecule has 0 spiro atoms. The van der Waals surface area contributed by atoms with E-state index in [9.17, 15) is 0 Å². The normalized spacial score (nSPS) is 12.1. The van der Waals surface area contributed by atoms with Gasteiger partial charge in [0.05, 0.1) is 23.5 Å². The van der Waals surface area contributed by atoms with Gasteiger partial charge >= 0.3 is 0 Å². The largest absolute Gasteiger partial charge is 0.456 e. The second-order valence-electron chi connectivity index (χ2n) is 11.2. The highest BCUT2D eigenvalue weighted by molar-refractivity contribution is 7.25. The van der Waals surface area contributed by atoms with Gasteiger partial charge in [0.25, 0.3) is 0 Å². The minimum absolute atomic E-state index is 0.760. The first-order valence-corrected chi connectivity index (χ1v) is 15.4. The van der Waals surface area contributed by atoms with Crippen LogP contribution in [0.25, 0.3) is 74.8 Å². The molecule has 0 aliphatic heterocycles. The lowest BCUT2D eigenvalue weighted by Crippen LogP contribution is -2.10. The highest BCUT2D eigenvalue weighted by Gasteiger charge is 2.22. The van der Waals surface area contributed by atoms with Gasteiger partial charge in [-0.3, -0.25) is 4.98 Å². The second-order valence-corrected chi connectivity index (χ2v) is 12.3. The molecule has 4 aromatic heterocycles. The summed E-state index contributed by atoms with van der Waals surface area (Å²) < 4.78 is 15.2. The molecule has 0 atom stereocenters. The molecule has 0 N–H and O–H groups in total. The summed E-state index contributed by atoms with van der Waals surface area (Å²) in [5.41, 5.74) is 6.40. The molecule has 0 saturated heterocycles. The first kappa shape index (κ1) is 23.9. The monoisotopic (exact) mass is 582 g/mol. The number of hydrogen-bond acceptors (Lipinski definition) is 5. The highest BCUT2D eigenvalue weighted by atomic mass is 32.1. The van der Waals surface area contributed by atoms with E-state index in [-0.39, 0.29) is 0 Å². The fraction of sp³-hybridized carbons (Fsp3) is 0. The molecule has 6 aromatic carbocycles. The minimum Gasteiger partial charge on any atom is -0.456 e. The molecular formula is C39H22N2O2S. The van der Waals surface area contributed by atoms with E-state index >= 15 is 0 Å². The van der Waals surface area contributed by atoms with Crippen LogP contribution < -0.4 is 4.90 Å². The van der Waals surface area contributed by atoms with Crippen LogP contribution in [0, 0.1) is 0 Å². The van der Waals surface area contributed by atoms with Gasteiger partial charge in [0.2, 0.25) is 0 Å². The summed E-state index contributed by atoms with van der Waals surface area (Å²) in [5.74, 6) is 0. The Morgan fingerprint density at radius 3 is 2.11 bits per heavy atom.